The van der Waals surface area contributed by atoms with Crippen molar-refractivity contribution in [2.45, 2.75) is 51.9 Å². The standard InChI is InChI=1S/C15H21ClF3NO/c1-14(2,3)20-10-11-6-4-7-12(16)13(11)21-9-5-8-15(17,18)19/h4,6-7,20H,5,8-10H2,1-3H3. The zero-order valence-electron chi connectivity index (χ0n) is 12.5. The van der Waals surface area contributed by atoms with Crippen LogP contribution in [0.4, 0.5) is 13.2 Å². The third kappa shape index (κ3) is 7.58. The summed E-state index contributed by atoms with van der Waals surface area (Å²) in [6.07, 6.45) is -5.09. The van der Waals surface area contributed by atoms with Gasteiger partial charge >= 0.3 is 6.18 Å². The molecule has 0 spiro atoms. The maximum Gasteiger partial charge on any atom is 0.389 e. The predicted molar refractivity (Wildman–Crippen MR) is 78.8 cm³/mol. The fourth-order valence-electron chi connectivity index (χ4n) is 1.66. The predicted octanol–water partition coefficient (Wildman–Crippen LogP) is 4.95. The van der Waals surface area contributed by atoms with E-state index in [1.165, 1.54) is 0 Å². The molecular formula is C15H21ClF3NO. The summed E-state index contributed by atoms with van der Waals surface area (Å²) in [7, 11) is 0. The molecule has 1 rings (SSSR count). The van der Waals surface area contributed by atoms with Crippen LogP contribution in [0, 0.1) is 0 Å². The van der Waals surface area contributed by atoms with E-state index in [2.05, 4.69) is 5.32 Å². The number of halogens is 4. The van der Waals surface area contributed by atoms with Crippen LogP contribution in [0.1, 0.15) is 39.2 Å². The third-order valence-electron chi connectivity index (χ3n) is 2.71. The SMILES string of the molecule is CC(C)(C)NCc1cccc(Cl)c1OCCCC(F)(F)F. The molecule has 0 aliphatic rings. The van der Waals surface area contributed by atoms with E-state index < -0.39 is 12.6 Å². The Bertz CT molecular complexity index is 455. The van der Waals surface area contributed by atoms with Crippen LogP contribution in [0.5, 0.6) is 5.75 Å². The number of para-hydroxylation sites is 1. The Morgan fingerprint density at radius 3 is 2.43 bits per heavy atom. The molecule has 0 radical (unpaired) electrons. The van der Waals surface area contributed by atoms with Gasteiger partial charge < -0.3 is 10.1 Å². The van der Waals surface area contributed by atoms with E-state index in [0.29, 0.717) is 17.3 Å². The Morgan fingerprint density at radius 1 is 1.19 bits per heavy atom. The minimum atomic E-state index is -4.15. The molecule has 0 aliphatic carbocycles. The van der Waals surface area contributed by atoms with Gasteiger partial charge in [-0.05, 0) is 33.3 Å². The van der Waals surface area contributed by atoms with Gasteiger partial charge in [-0.3, -0.25) is 0 Å². The monoisotopic (exact) mass is 323 g/mol. The summed E-state index contributed by atoms with van der Waals surface area (Å²) < 4.78 is 41.8. The molecule has 0 fully saturated rings. The maximum absolute atomic E-state index is 12.1. The first-order chi connectivity index (χ1) is 9.58. The fraction of sp³-hybridized carbons (Fsp3) is 0.600. The molecular weight excluding hydrogens is 303 g/mol. The van der Waals surface area contributed by atoms with Crippen LogP contribution >= 0.6 is 11.6 Å². The van der Waals surface area contributed by atoms with Crippen molar-refractivity contribution in [1.29, 1.82) is 0 Å². The van der Waals surface area contributed by atoms with Crippen molar-refractivity contribution in [3.05, 3.63) is 28.8 Å². The lowest BCUT2D eigenvalue weighted by molar-refractivity contribution is -0.136. The van der Waals surface area contributed by atoms with Crippen molar-refractivity contribution in [2.24, 2.45) is 0 Å². The van der Waals surface area contributed by atoms with Crippen LogP contribution in [0.25, 0.3) is 0 Å². The number of rotatable bonds is 6. The minimum absolute atomic E-state index is 0.00817. The van der Waals surface area contributed by atoms with Gasteiger partial charge in [0.05, 0.1) is 11.6 Å². The first kappa shape index (κ1) is 18.1. The van der Waals surface area contributed by atoms with Crippen molar-refractivity contribution >= 4 is 11.6 Å². The van der Waals surface area contributed by atoms with Crippen LogP contribution < -0.4 is 10.1 Å². The van der Waals surface area contributed by atoms with Crippen molar-refractivity contribution in [3.8, 4) is 5.75 Å². The van der Waals surface area contributed by atoms with E-state index in [9.17, 15) is 13.2 Å². The van der Waals surface area contributed by atoms with Crippen LogP contribution in [-0.2, 0) is 6.54 Å². The van der Waals surface area contributed by atoms with Crippen LogP contribution in [0.3, 0.4) is 0 Å². The zero-order chi connectivity index (χ0) is 16.1. The highest BCUT2D eigenvalue weighted by molar-refractivity contribution is 6.32. The van der Waals surface area contributed by atoms with Crippen LogP contribution in [0.2, 0.25) is 5.02 Å². The average molecular weight is 324 g/mol. The summed E-state index contributed by atoms with van der Waals surface area (Å²) in [5.74, 6) is 0.457. The molecule has 1 aromatic rings. The molecule has 2 nitrogen and oxygen atoms in total. The summed E-state index contributed by atoms with van der Waals surface area (Å²) in [6.45, 7) is 6.62. The Labute approximate surface area is 128 Å². The highest BCUT2D eigenvalue weighted by Gasteiger charge is 2.26. The smallest absolute Gasteiger partial charge is 0.389 e. The summed E-state index contributed by atoms with van der Waals surface area (Å²) in [4.78, 5) is 0. The molecule has 0 aromatic heterocycles. The van der Waals surface area contributed by atoms with Gasteiger partial charge in [-0.2, -0.15) is 13.2 Å². The molecule has 0 amide bonds. The molecule has 0 unspecified atom stereocenters. The maximum atomic E-state index is 12.1. The summed E-state index contributed by atoms with van der Waals surface area (Å²) >= 11 is 6.07. The van der Waals surface area contributed by atoms with Gasteiger partial charge in [-0.25, -0.2) is 0 Å². The van der Waals surface area contributed by atoms with E-state index in [1.807, 2.05) is 26.8 Å². The Morgan fingerprint density at radius 2 is 1.86 bits per heavy atom. The normalized spacial score (nSPS) is 12.5. The summed E-state index contributed by atoms with van der Waals surface area (Å²) in [5, 5.41) is 3.71. The van der Waals surface area contributed by atoms with Gasteiger partial charge in [0.15, 0.2) is 0 Å². The number of benzene rings is 1. The second-order valence-corrected chi connectivity index (χ2v) is 6.31. The first-order valence-corrected chi connectivity index (χ1v) is 7.18. The average Bonchev–Trinajstić information content (AvgIpc) is 2.31. The molecule has 120 valence electrons. The molecule has 0 saturated heterocycles. The van der Waals surface area contributed by atoms with Gasteiger partial charge in [0.1, 0.15) is 5.75 Å². The Hall–Kier alpha value is -0.940. The van der Waals surface area contributed by atoms with Crippen LogP contribution in [0.15, 0.2) is 18.2 Å². The highest BCUT2D eigenvalue weighted by atomic mass is 35.5. The van der Waals surface area contributed by atoms with Crippen molar-refractivity contribution in [1.82, 2.24) is 5.32 Å². The van der Waals surface area contributed by atoms with Gasteiger partial charge in [-0.1, -0.05) is 23.7 Å². The third-order valence-corrected chi connectivity index (χ3v) is 3.01. The fourth-order valence-corrected chi connectivity index (χ4v) is 1.91. The molecule has 0 saturated carbocycles. The van der Waals surface area contributed by atoms with Crippen molar-refractivity contribution in [2.75, 3.05) is 6.61 Å². The molecule has 1 aromatic carbocycles. The molecule has 0 atom stereocenters. The lowest BCUT2D eigenvalue weighted by Gasteiger charge is -2.22. The topological polar surface area (TPSA) is 21.3 Å². The molecule has 0 bridgehead atoms. The van der Waals surface area contributed by atoms with E-state index in [1.54, 1.807) is 12.1 Å². The van der Waals surface area contributed by atoms with E-state index in [0.717, 1.165) is 5.56 Å². The van der Waals surface area contributed by atoms with Gasteiger partial charge in [0, 0.05) is 24.1 Å². The van der Waals surface area contributed by atoms with Gasteiger partial charge in [0.25, 0.3) is 0 Å². The van der Waals surface area contributed by atoms with Crippen molar-refractivity contribution < 1.29 is 17.9 Å². The zero-order valence-corrected chi connectivity index (χ0v) is 13.2. The minimum Gasteiger partial charge on any atom is -0.492 e. The number of alkyl halides is 3. The van der Waals surface area contributed by atoms with Gasteiger partial charge in [0.2, 0.25) is 0 Å². The number of ether oxygens (including phenoxy) is 1. The van der Waals surface area contributed by atoms with E-state index >= 15 is 0 Å². The Balaban J connectivity index is 2.63. The molecule has 6 heteroatoms. The lowest BCUT2D eigenvalue weighted by Crippen LogP contribution is -2.35. The summed E-state index contributed by atoms with van der Waals surface area (Å²) in [5.41, 5.74) is 0.764. The van der Waals surface area contributed by atoms with Crippen LogP contribution in [-0.4, -0.2) is 18.3 Å². The second-order valence-electron chi connectivity index (χ2n) is 5.90. The number of hydrogen-bond donors (Lipinski definition) is 1. The second kappa shape index (κ2) is 7.36. The molecule has 21 heavy (non-hydrogen) atoms. The molecule has 0 aliphatic heterocycles. The quantitative estimate of drug-likeness (QED) is 0.748. The lowest BCUT2D eigenvalue weighted by atomic mass is 10.1. The number of hydrogen-bond acceptors (Lipinski definition) is 2. The number of nitrogens with one attached hydrogen (secondary N) is 1. The Kier molecular flexibility index (Phi) is 6.35. The first-order valence-electron chi connectivity index (χ1n) is 6.80. The van der Waals surface area contributed by atoms with E-state index in [4.69, 9.17) is 16.3 Å². The summed E-state index contributed by atoms with van der Waals surface area (Å²) in [6, 6.07) is 5.32. The van der Waals surface area contributed by atoms with Gasteiger partial charge in [-0.15, -0.1) is 0 Å². The highest BCUT2D eigenvalue weighted by Crippen LogP contribution is 2.30. The molecule has 1 N–H and O–H groups in total. The van der Waals surface area contributed by atoms with Crippen molar-refractivity contribution in [3.63, 3.8) is 0 Å². The largest absolute Gasteiger partial charge is 0.492 e. The molecule has 0 heterocycles. The van der Waals surface area contributed by atoms with E-state index in [-0.39, 0.29) is 18.6 Å².